The minimum absolute atomic E-state index is 0.0415. The highest BCUT2D eigenvalue weighted by Crippen LogP contribution is 2.70. The summed E-state index contributed by atoms with van der Waals surface area (Å²) in [6, 6.07) is 15.1. The fourth-order valence-electron chi connectivity index (χ4n) is 11.6. The van der Waals surface area contributed by atoms with E-state index in [4.69, 9.17) is 15.2 Å². The lowest BCUT2D eigenvalue weighted by Gasteiger charge is -2.62. The van der Waals surface area contributed by atoms with Crippen LogP contribution in [0, 0.1) is 40.4 Å². The molecule has 0 radical (unpaired) electrons. The molecule has 3 aromatic rings. The van der Waals surface area contributed by atoms with Gasteiger partial charge in [-0.15, -0.1) is 0 Å². The molecule has 0 saturated heterocycles. The minimum atomic E-state index is -2.11. The molecule has 60 heavy (non-hydrogen) atoms. The quantitative estimate of drug-likeness (QED) is 0.182. The van der Waals surface area contributed by atoms with Crippen LogP contribution in [-0.2, 0) is 46.5 Å². The van der Waals surface area contributed by atoms with E-state index < -0.39 is 88.0 Å². The van der Waals surface area contributed by atoms with Gasteiger partial charge in [-0.3, -0.25) is 29.0 Å². The molecule has 11 atom stereocenters. The summed E-state index contributed by atoms with van der Waals surface area (Å²) in [5.74, 6) is -5.88. The molecule has 0 amide bonds. The third-order valence-electron chi connectivity index (χ3n) is 15.1. The van der Waals surface area contributed by atoms with Crippen LogP contribution in [-0.4, -0.2) is 75.0 Å². The van der Waals surface area contributed by atoms with Crippen molar-refractivity contribution in [3.05, 3.63) is 101 Å². The van der Waals surface area contributed by atoms with Crippen molar-refractivity contribution in [3.8, 4) is 0 Å². The number of aromatic nitrogens is 1. The first-order chi connectivity index (χ1) is 28.5. The van der Waals surface area contributed by atoms with Gasteiger partial charge in [-0.1, -0.05) is 68.0 Å². The van der Waals surface area contributed by atoms with E-state index in [-0.39, 0.29) is 37.4 Å². The maximum Gasteiger partial charge on any atom is 0.310 e. The molecular formula is C48H53FN2O9. The van der Waals surface area contributed by atoms with Crippen LogP contribution in [0.4, 0.5) is 4.39 Å². The second kappa shape index (κ2) is 15.5. The number of carbonyl (C=O) groups excluding carboxylic acids is 5. The maximum absolute atomic E-state index is 17.5. The Kier molecular flexibility index (Phi) is 10.8. The van der Waals surface area contributed by atoms with E-state index in [0.717, 1.165) is 21.9 Å². The predicted octanol–water partition coefficient (Wildman–Crippen LogP) is 5.62. The Labute approximate surface area is 348 Å². The summed E-state index contributed by atoms with van der Waals surface area (Å²) in [6.07, 6.45) is 8.26. The van der Waals surface area contributed by atoms with Crippen molar-refractivity contribution in [1.29, 1.82) is 0 Å². The van der Waals surface area contributed by atoms with Crippen molar-refractivity contribution in [3.63, 3.8) is 0 Å². The maximum atomic E-state index is 17.5. The highest BCUT2D eigenvalue weighted by molar-refractivity contribution is 6.01. The number of hydrogen-bond donors (Lipinski definition) is 3. The van der Waals surface area contributed by atoms with E-state index in [1.165, 1.54) is 12.2 Å². The number of hydrogen-bond acceptors (Lipinski definition) is 11. The minimum Gasteiger partial charge on any atom is -0.461 e. The van der Waals surface area contributed by atoms with Crippen LogP contribution in [0.3, 0.4) is 0 Å². The van der Waals surface area contributed by atoms with Gasteiger partial charge in [0.05, 0.1) is 17.9 Å². The Morgan fingerprint density at radius 1 is 0.967 bits per heavy atom. The van der Waals surface area contributed by atoms with Gasteiger partial charge in [-0.25, -0.2) is 4.39 Å². The molecule has 11 nitrogen and oxygen atoms in total. The molecule has 316 valence electrons. The number of aliphatic hydroxyl groups excluding tert-OH is 1. The van der Waals surface area contributed by atoms with Crippen molar-refractivity contribution >= 4 is 40.1 Å². The van der Waals surface area contributed by atoms with E-state index >= 15 is 4.39 Å². The lowest BCUT2D eigenvalue weighted by molar-refractivity contribution is -0.220. The number of Topliss-reactive ketones (excluding diaryl/α,β-unsaturated/α-hetero) is 2. The van der Waals surface area contributed by atoms with Crippen LogP contribution in [0.2, 0.25) is 0 Å². The van der Waals surface area contributed by atoms with E-state index in [2.05, 4.69) is 4.98 Å². The van der Waals surface area contributed by atoms with E-state index in [1.807, 2.05) is 36.4 Å². The number of benzene rings is 2. The first-order valence-corrected chi connectivity index (χ1v) is 21.1. The first-order valence-electron chi connectivity index (χ1n) is 21.1. The summed E-state index contributed by atoms with van der Waals surface area (Å²) in [7, 11) is 0. The SMILES string of the molecule is C[C@@H]1C[C@H]2[C@@H]3CCC4=CC(=O)C=C[C@]4(C)[C@@]3(F)[C@@H](O)C[C@]2(C)[C@@]1(O)C(=O)COC(=O)C1CC1C(=O)OCc1ccc(C(CCN)C(=O)Cc2ccc3cnccc3c2)cc1. The number of alkyl halides is 1. The van der Waals surface area contributed by atoms with E-state index in [9.17, 15) is 34.2 Å². The van der Waals surface area contributed by atoms with Crippen LogP contribution in [0.15, 0.2) is 84.7 Å². The number of nitrogens with two attached hydrogens (primary N) is 1. The standard InChI is InChI=1S/C48H53FN2O9/c1-27-18-39-38-11-10-33-21-34(52)12-15-45(33,2)47(38,49)41(54)23-46(39,3)48(27,58)42(55)26-60-44(57)37-22-36(37)43(56)59-25-28-4-7-30(8-5-28)35(13-16-50)40(53)20-29-6-9-32-24-51-17-14-31(32)19-29/h4-9,12,14-15,17,19,21,24,27,35-39,41,54,58H,10-11,13,16,18,20,22-23,25-26,50H2,1-3H3/t27-,35?,36?,37?,38+,39+,41+,45+,46+,47+,48+/m1/s1. The molecule has 0 spiro atoms. The number of nitrogens with zero attached hydrogens (tertiary/aromatic N) is 1. The van der Waals surface area contributed by atoms with Crippen LogP contribution >= 0.6 is 0 Å². The summed E-state index contributed by atoms with van der Waals surface area (Å²) in [6.45, 7) is 4.74. The van der Waals surface area contributed by atoms with Gasteiger partial charge < -0.3 is 25.4 Å². The molecule has 5 aliphatic carbocycles. The van der Waals surface area contributed by atoms with E-state index in [0.29, 0.717) is 43.4 Å². The fraction of sp³-hybridized carbons (Fsp3) is 0.500. The van der Waals surface area contributed by atoms with Gasteiger partial charge >= 0.3 is 11.9 Å². The van der Waals surface area contributed by atoms with Crippen molar-refractivity contribution in [2.75, 3.05) is 13.2 Å². The van der Waals surface area contributed by atoms with Crippen molar-refractivity contribution < 1.29 is 48.0 Å². The van der Waals surface area contributed by atoms with Crippen LogP contribution < -0.4 is 5.73 Å². The van der Waals surface area contributed by atoms with Crippen molar-refractivity contribution in [1.82, 2.24) is 4.98 Å². The summed E-state index contributed by atoms with van der Waals surface area (Å²) in [5.41, 5.74) is 2.45. The Morgan fingerprint density at radius 2 is 1.68 bits per heavy atom. The van der Waals surface area contributed by atoms with Gasteiger partial charge in [0, 0.05) is 46.9 Å². The Balaban J connectivity index is 0.840. The topological polar surface area (TPSA) is 183 Å². The van der Waals surface area contributed by atoms with Crippen molar-refractivity contribution in [2.24, 2.45) is 46.2 Å². The fourth-order valence-corrected chi connectivity index (χ4v) is 11.6. The monoisotopic (exact) mass is 820 g/mol. The first kappa shape index (κ1) is 41.8. The second-order valence-corrected chi connectivity index (χ2v) is 18.3. The summed E-state index contributed by atoms with van der Waals surface area (Å²) < 4.78 is 28.5. The number of esters is 2. The average Bonchev–Trinajstić information content (AvgIpc) is 4.01. The molecule has 3 unspecified atom stereocenters. The normalized spacial score (nSPS) is 34.5. The summed E-state index contributed by atoms with van der Waals surface area (Å²) >= 11 is 0. The highest BCUT2D eigenvalue weighted by Gasteiger charge is 2.75. The number of pyridine rings is 1. The smallest absolute Gasteiger partial charge is 0.310 e. The lowest BCUT2D eigenvalue weighted by Crippen LogP contribution is -2.69. The van der Waals surface area contributed by atoms with Gasteiger partial charge in [-0.05, 0) is 104 Å². The third-order valence-corrected chi connectivity index (χ3v) is 15.1. The molecule has 1 aromatic heterocycles. The van der Waals surface area contributed by atoms with Gasteiger partial charge in [0.25, 0.3) is 0 Å². The largest absolute Gasteiger partial charge is 0.461 e. The predicted molar refractivity (Wildman–Crippen MR) is 219 cm³/mol. The average molecular weight is 821 g/mol. The zero-order valence-electron chi connectivity index (χ0n) is 34.3. The Morgan fingerprint density at radius 3 is 2.42 bits per heavy atom. The number of fused-ring (bicyclic) bond motifs is 6. The Hall–Kier alpha value is -4.91. The number of ketones is 3. The zero-order valence-corrected chi connectivity index (χ0v) is 34.3. The molecule has 4 saturated carbocycles. The molecule has 2 aromatic carbocycles. The summed E-state index contributed by atoms with van der Waals surface area (Å²) in [5, 5.41) is 25.9. The number of carbonyl (C=O) groups is 5. The van der Waals surface area contributed by atoms with Gasteiger partial charge in [0.1, 0.15) is 18.0 Å². The van der Waals surface area contributed by atoms with Crippen LogP contribution in [0.1, 0.15) is 81.9 Å². The third kappa shape index (κ3) is 6.75. The van der Waals surface area contributed by atoms with Gasteiger partial charge in [-0.2, -0.15) is 0 Å². The molecule has 0 bridgehead atoms. The molecule has 0 aliphatic heterocycles. The molecular weight excluding hydrogens is 768 g/mol. The van der Waals surface area contributed by atoms with Gasteiger partial charge in [0.15, 0.2) is 18.1 Å². The molecule has 4 fully saturated rings. The number of aliphatic hydroxyl groups is 2. The molecule has 12 heteroatoms. The van der Waals surface area contributed by atoms with Gasteiger partial charge in [0.2, 0.25) is 5.78 Å². The second-order valence-electron chi connectivity index (χ2n) is 18.3. The number of halogens is 1. The molecule has 8 rings (SSSR count). The number of allylic oxidation sites excluding steroid dienone is 4. The summed E-state index contributed by atoms with van der Waals surface area (Å²) in [4.78, 5) is 69.7. The molecule has 1 heterocycles. The molecule has 5 aliphatic rings. The lowest BCUT2D eigenvalue weighted by atomic mass is 9.44. The van der Waals surface area contributed by atoms with Crippen LogP contribution in [0.5, 0.6) is 0 Å². The van der Waals surface area contributed by atoms with Crippen molar-refractivity contribution in [2.45, 2.75) is 95.6 Å². The number of rotatable bonds is 13. The highest BCUT2D eigenvalue weighted by atomic mass is 19.1. The number of ether oxygens (including phenoxy) is 2. The molecule has 4 N–H and O–H groups in total. The zero-order chi connectivity index (χ0) is 42.8. The van der Waals surface area contributed by atoms with E-state index in [1.54, 1.807) is 51.4 Å². The Bertz CT molecular complexity index is 2310. The van der Waals surface area contributed by atoms with Crippen LogP contribution in [0.25, 0.3) is 10.8 Å².